The molecule has 24 heavy (non-hydrogen) atoms. The van der Waals surface area contributed by atoms with Crippen molar-refractivity contribution in [3.05, 3.63) is 52.0 Å². The maximum atomic E-state index is 12.5. The van der Waals surface area contributed by atoms with Crippen LogP contribution in [-0.4, -0.2) is 17.5 Å². The summed E-state index contributed by atoms with van der Waals surface area (Å²) in [6.45, 7) is 0.833. The number of nitrogens with one attached hydrogen (secondary N) is 1. The lowest BCUT2D eigenvalue weighted by molar-refractivity contribution is -0.117. The minimum atomic E-state index is -2.91. The summed E-state index contributed by atoms with van der Waals surface area (Å²) < 4.78 is 29.6. The Morgan fingerprint density at radius 2 is 2.17 bits per heavy atom. The van der Waals surface area contributed by atoms with Gasteiger partial charge in [0.2, 0.25) is 5.91 Å². The van der Waals surface area contributed by atoms with Crippen LogP contribution in [0.3, 0.4) is 0 Å². The van der Waals surface area contributed by atoms with E-state index in [9.17, 15) is 13.6 Å². The fraction of sp³-hybridized carbons (Fsp3) is 0.294. The van der Waals surface area contributed by atoms with Gasteiger partial charge in [-0.05, 0) is 25.5 Å². The van der Waals surface area contributed by atoms with Crippen molar-refractivity contribution >= 4 is 23.3 Å². The average Bonchev–Trinajstić information content (AvgIpc) is 2.96. The lowest BCUT2D eigenvalue weighted by Gasteiger charge is -2.19. The van der Waals surface area contributed by atoms with Crippen LogP contribution < -0.4 is 10.1 Å². The summed E-state index contributed by atoms with van der Waals surface area (Å²) in [6, 6.07) is 6.04. The van der Waals surface area contributed by atoms with E-state index >= 15 is 0 Å². The molecule has 2 rings (SSSR count). The number of aryl methyl sites for hydroxylation is 1. The average molecular weight is 352 g/mol. The summed E-state index contributed by atoms with van der Waals surface area (Å²) in [4.78, 5) is 16.3. The molecule has 1 unspecified atom stereocenters. The Kier molecular flexibility index (Phi) is 6.43. The smallest absolute Gasteiger partial charge is 0.387 e. The van der Waals surface area contributed by atoms with E-state index < -0.39 is 12.7 Å². The summed E-state index contributed by atoms with van der Waals surface area (Å²) in [7, 11) is 0. The number of thiazole rings is 1. The Labute approximate surface area is 143 Å². The fourth-order valence-electron chi connectivity index (χ4n) is 2.21. The van der Waals surface area contributed by atoms with Crippen LogP contribution in [0.25, 0.3) is 6.08 Å². The molecule has 7 heteroatoms. The van der Waals surface area contributed by atoms with Gasteiger partial charge in [0, 0.05) is 17.0 Å². The highest BCUT2D eigenvalue weighted by Crippen LogP contribution is 2.28. The summed E-state index contributed by atoms with van der Waals surface area (Å²) in [5.41, 5.74) is 1.23. The molecule has 2 aromatic rings. The van der Waals surface area contributed by atoms with Gasteiger partial charge in [-0.25, -0.2) is 4.98 Å². The number of hydrogen-bond donors (Lipinski definition) is 1. The molecular weight excluding hydrogens is 334 g/mol. The number of halogens is 2. The molecule has 0 fully saturated rings. The van der Waals surface area contributed by atoms with Crippen LogP contribution in [-0.2, 0) is 4.79 Å². The molecule has 128 valence electrons. The normalized spacial score (nSPS) is 12.5. The molecule has 1 N–H and O–H groups in total. The number of amides is 1. The minimum absolute atomic E-state index is 0.0683. The number of carbonyl (C=O) groups excluding carboxylic acids is 1. The van der Waals surface area contributed by atoms with Crippen molar-refractivity contribution < 1.29 is 18.3 Å². The minimum Gasteiger partial charge on any atom is -0.434 e. The van der Waals surface area contributed by atoms with E-state index in [1.807, 2.05) is 19.2 Å². The predicted octanol–water partition coefficient (Wildman–Crippen LogP) is 4.33. The second-order valence-corrected chi connectivity index (χ2v) is 6.07. The first-order valence-electron chi connectivity index (χ1n) is 7.44. The van der Waals surface area contributed by atoms with Crippen molar-refractivity contribution in [3.63, 3.8) is 0 Å². The summed E-state index contributed by atoms with van der Waals surface area (Å²) >= 11 is 1.50. The molecule has 4 nitrogen and oxygen atoms in total. The van der Waals surface area contributed by atoms with Gasteiger partial charge >= 0.3 is 6.61 Å². The number of nitrogens with zero attached hydrogens (tertiary/aromatic N) is 1. The molecule has 0 aliphatic heterocycles. The van der Waals surface area contributed by atoms with Crippen LogP contribution in [0.2, 0.25) is 0 Å². The van der Waals surface area contributed by atoms with Gasteiger partial charge in [0.1, 0.15) is 5.75 Å². The van der Waals surface area contributed by atoms with Gasteiger partial charge in [0.25, 0.3) is 0 Å². The number of aromatic nitrogens is 1. The molecule has 0 radical (unpaired) electrons. The van der Waals surface area contributed by atoms with Crippen molar-refractivity contribution in [1.82, 2.24) is 10.3 Å². The highest BCUT2D eigenvalue weighted by atomic mass is 32.1. The Balaban J connectivity index is 2.09. The number of ether oxygens (including phenoxy) is 1. The zero-order valence-electron chi connectivity index (χ0n) is 13.3. The Morgan fingerprint density at radius 1 is 1.42 bits per heavy atom. The number of benzene rings is 1. The van der Waals surface area contributed by atoms with Crippen molar-refractivity contribution in [2.24, 2.45) is 0 Å². The number of rotatable bonds is 7. The van der Waals surface area contributed by atoms with E-state index in [4.69, 9.17) is 0 Å². The highest BCUT2D eigenvalue weighted by molar-refractivity contribution is 7.09. The number of carbonyl (C=O) groups is 1. The lowest BCUT2D eigenvalue weighted by atomic mass is 10.0. The van der Waals surface area contributed by atoms with E-state index in [0.29, 0.717) is 17.7 Å². The number of alkyl halides is 2. The highest BCUT2D eigenvalue weighted by Gasteiger charge is 2.17. The van der Waals surface area contributed by atoms with Gasteiger partial charge in [0.05, 0.1) is 16.7 Å². The molecule has 0 saturated carbocycles. The Bertz CT molecular complexity index is 716. The van der Waals surface area contributed by atoms with Crippen LogP contribution in [0, 0.1) is 6.92 Å². The van der Waals surface area contributed by atoms with E-state index in [0.717, 1.165) is 5.01 Å². The third-order valence-corrected chi connectivity index (χ3v) is 4.07. The van der Waals surface area contributed by atoms with Gasteiger partial charge in [-0.15, -0.1) is 11.3 Å². The maximum Gasteiger partial charge on any atom is 0.387 e. The number of para-hydroxylation sites is 1. The maximum absolute atomic E-state index is 12.5. The molecule has 1 aromatic carbocycles. The summed E-state index contributed by atoms with van der Waals surface area (Å²) in [6.07, 6.45) is 3.54. The van der Waals surface area contributed by atoms with Crippen molar-refractivity contribution in [2.45, 2.75) is 32.9 Å². The first kappa shape index (κ1) is 18.1. The van der Waals surface area contributed by atoms with Crippen molar-refractivity contribution in [3.8, 4) is 5.75 Å². The molecule has 1 amide bonds. The Hall–Kier alpha value is -2.28. The van der Waals surface area contributed by atoms with Gasteiger partial charge in [0.15, 0.2) is 0 Å². The van der Waals surface area contributed by atoms with Crippen LogP contribution in [0.4, 0.5) is 8.78 Å². The fourth-order valence-corrected chi connectivity index (χ4v) is 2.79. The number of hydrogen-bond acceptors (Lipinski definition) is 4. The molecule has 0 aliphatic rings. The molecule has 0 spiro atoms. The second-order valence-electron chi connectivity index (χ2n) is 5.01. The van der Waals surface area contributed by atoms with Crippen molar-refractivity contribution in [2.75, 3.05) is 0 Å². The summed E-state index contributed by atoms with van der Waals surface area (Å²) in [5, 5.41) is 5.56. The molecule has 0 bridgehead atoms. The monoisotopic (exact) mass is 352 g/mol. The quantitative estimate of drug-likeness (QED) is 0.755. The van der Waals surface area contributed by atoms with Crippen LogP contribution in [0.1, 0.15) is 35.7 Å². The lowest BCUT2D eigenvalue weighted by Crippen LogP contribution is -2.27. The molecule has 0 aliphatic carbocycles. The molecule has 1 heterocycles. The van der Waals surface area contributed by atoms with Crippen LogP contribution in [0.15, 0.2) is 35.7 Å². The van der Waals surface area contributed by atoms with Crippen LogP contribution in [0.5, 0.6) is 5.75 Å². The third kappa shape index (κ3) is 5.13. The molecule has 0 saturated heterocycles. The third-order valence-electron chi connectivity index (χ3n) is 3.28. The second kappa shape index (κ2) is 8.54. The first-order chi connectivity index (χ1) is 11.5. The zero-order valence-corrected chi connectivity index (χ0v) is 14.1. The topological polar surface area (TPSA) is 51.2 Å². The van der Waals surface area contributed by atoms with Crippen molar-refractivity contribution in [1.29, 1.82) is 0 Å². The van der Waals surface area contributed by atoms with Gasteiger partial charge in [-0.2, -0.15) is 8.78 Å². The van der Waals surface area contributed by atoms with E-state index in [1.54, 1.807) is 24.3 Å². The van der Waals surface area contributed by atoms with Gasteiger partial charge < -0.3 is 10.1 Å². The van der Waals surface area contributed by atoms with E-state index in [2.05, 4.69) is 15.0 Å². The van der Waals surface area contributed by atoms with Crippen LogP contribution >= 0.6 is 11.3 Å². The van der Waals surface area contributed by atoms with E-state index in [-0.39, 0.29) is 11.7 Å². The van der Waals surface area contributed by atoms with Gasteiger partial charge in [-0.3, -0.25) is 4.79 Å². The summed E-state index contributed by atoms with van der Waals surface area (Å²) in [5.74, 6) is -0.252. The van der Waals surface area contributed by atoms with E-state index in [1.165, 1.54) is 23.5 Å². The molecule has 1 atom stereocenters. The standard InChI is InChI=1S/C17H18F2N2O2S/c1-3-14(13-6-4-5-7-15(13)23-17(18)19)21-16(22)9-8-12-10-24-11(2)20-12/h4-10,14,17H,3H2,1-2H3,(H,21,22)/b9-8+. The molecular formula is C17H18F2N2O2S. The Morgan fingerprint density at radius 3 is 2.79 bits per heavy atom. The SMILES string of the molecule is CCC(NC(=O)/C=C/c1csc(C)n1)c1ccccc1OC(F)F. The zero-order chi connectivity index (χ0) is 17.5. The largest absolute Gasteiger partial charge is 0.434 e. The van der Waals surface area contributed by atoms with Gasteiger partial charge in [-0.1, -0.05) is 25.1 Å². The first-order valence-corrected chi connectivity index (χ1v) is 8.32. The predicted molar refractivity (Wildman–Crippen MR) is 90.1 cm³/mol. The molecule has 1 aromatic heterocycles.